The number of anilines is 1. The molecule has 2 aromatic carbocycles. The van der Waals surface area contributed by atoms with Gasteiger partial charge in [-0.15, -0.1) is 10.2 Å². The average Bonchev–Trinajstić information content (AvgIpc) is 3.04. The summed E-state index contributed by atoms with van der Waals surface area (Å²) in [6.45, 7) is 0. The first-order valence-corrected chi connectivity index (χ1v) is 7.80. The molecule has 1 aromatic heterocycles. The van der Waals surface area contributed by atoms with Crippen LogP contribution in [0.5, 0.6) is 0 Å². The van der Waals surface area contributed by atoms with E-state index in [4.69, 9.17) is 11.6 Å². The van der Waals surface area contributed by atoms with Crippen molar-refractivity contribution in [3.63, 3.8) is 0 Å². The van der Waals surface area contributed by atoms with Crippen molar-refractivity contribution in [1.82, 2.24) is 14.8 Å². The summed E-state index contributed by atoms with van der Waals surface area (Å²) in [7, 11) is 0. The molecule has 1 amide bonds. The zero-order chi connectivity index (χ0) is 15.5. The molecule has 1 heterocycles. The van der Waals surface area contributed by atoms with Gasteiger partial charge in [0.2, 0.25) is 0 Å². The topological polar surface area (TPSA) is 59.8 Å². The first-order valence-electron chi connectivity index (χ1n) is 6.35. The molecule has 0 saturated heterocycles. The van der Waals surface area contributed by atoms with Crippen LogP contribution >= 0.6 is 34.2 Å². The smallest absolute Gasteiger partial charge is 0.257 e. The quantitative estimate of drug-likeness (QED) is 0.651. The summed E-state index contributed by atoms with van der Waals surface area (Å²) in [5.74, 6) is -0.263. The molecule has 7 heteroatoms. The fourth-order valence-corrected chi connectivity index (χ4v) is 2.48. The molecule has 110 valence electrons. The molecule has 0 radical (unpaired) electrons. The number of nitrogens with zero attached hydrogens (tertiary/aromatic N) is 3. The Kier molecular flexibility index (Phi) is 4.39. The summed E-state index contributed by atoms with van der Waals surface area (Å²) in [4.78, 5) is 12.4. The maximum absolute atomic E-state index is 12.4. The SMILES string of the molecule is O=C(Nc1ccc(I)cc1)c1cc(-n2cnnc2)ccc1Cl. The third kappa shape index (κ3) is 3.28. The van der Waals surface area contributed by atoms with Crippen LogP contribution in [0.2, 0.25) is 5.02 Å². The Hall–Kier alpha value is -1.93. The molecule has 0 atom stereocenters. The standard InChI is InChI=1S/C15H10ClIN4O/c16-14-6-5-12(21-8-18-19-9-21)7-13(14)15(22)20-11-3-1-10(17)2-4-11/h1-9H,(H,20,22). The number of halogens is 2. The summed E-state index contributed by atoms with van der Waals surface area (Å²) in [5.41, 5.74) is 1.88. The number of rotatable bonds is 3. The predicted octanol–water partition coefficient (Wildman–Crippen LogP) is 3.78. The van der Waals surface area contributed by atoms with Crippen LogP contribution in [-0.2, 0) is 0 Å². The minimum atomic E-state index is -0.263. The summed E-state index contributed by atoms with van der Waals surface area (Å²) >= 11 is 8.35. The van der Waals surface area contributed by atoms with Gasteiger partial charge in [-0.1, -0.05) is 11.6 Å². The Labute approximate surface area is 145 Å². The molecule has 0 aliphatic rings. The van der Waals surface area contributed by atoms with Gasteiger partial charge in [-0.2, -0.15) is 0 Å². The van der Waals surface area contributed by atoms with Crippen molar-refractivity contribution >= 4 is 45.8 Å². The van der Waals surface area contributed by atoms with Crippen molar-refractivity contribution < 1.29 is 4.79 Å². The summed E-state index contributed by atoms with van der Waals surface area (Å²) in [5, 5.41) is 10.7. The summed E-state index contributed by atoms with van der Waals surface area (Å²) < 4.78 is 2.81. The summed E-state index contributed by atoms with van der Waals surface area (Å²) in [6.07, 6.45) is 3.12. The Morgan fingerprint density at radius 3 is 2.45 bits per heavy atom. The van der Waals surface area contributed by atoms with Crippen LogP contribution in [-0.4, -0.2) is 20.7 Å². The van der Waals surface area contributed by atoms with Gasteiger partial charge in [-0.25, -0.2) is 0 Å². The predicted molar refractivity (Wildman–Crippen MR) is 93.5 cm³/mol. The molecule has 0 aliphatic heterocycles. The molecule has 3 aromatic rings. The summed E-state index contributed by atoms with van der Waals surface area (Å²) in [6, 6.07) is 12.7. The van der Waals surface area contributed by atoms with E-state index in [-0.39, 0.29) is 5.91 Å². The Morgan fingerprint density at radius 1 is 1.09 bits per heavy atom. The zero-order valence-corrected chi connectivity index (χ0v) is 14.1. The van der Waals surface area contributed by atoms with E-state index in [1.165, 1.54) is 0 Å². The fourth-order valence-electron chi connectivity index (χ4n) is 1.91. The average molecular weight is 425 g/mol. The minimum Gasteiger partial charge on any atom is -0.322 e. The van der Waals surface area contributed by atoms with Crippen molar-refractivity contribution in [2.45, 2.75) is 0 Å². The van der Waals surface area contributed by atoms with Gasteiger partial charge in [-0.05, 0) is 65.1 Å². The molecular formula is C15H10ClIN4O. The van der Waals surface area contributed by atoms with Crippen LogP contribution < -0.4 is 5.32 Å². The number of hydrogen-bond acceptors (Lipinski definition) is 3. The maximum atomic E-state index is 12.4. The Morgan fingerprint density at radius 2 is 1.77 bits per heavy atom. The van der Waals surface area contributed by atoms with Crippen molar-refractivity contribution in [2.75, 3.05) is 5.32 Å². The second-order valence-corrected chi connectivity index (χ2v) is 6.15. The van der Waals surface area contributed by atoms with Crippen LogP contribution in [0.25, 0.3) is 5.69 Å². The third-order valence-electron chi connectivity index (χ3n) is 3.01. The van der Waals surface area contributed by atoms with Crippen LogP contribution in [0.15, 0.2) is 55.1 Å². The van der Waals surface area contributed by atoms with E-state index in [1.54, 1.807) is 35.4 Å². The number of carbonyl (C=O) groups excluding carboxylic acids is 1. The Balaban J connectivity index is 1.88. The lowest BCUT2D eigenvalue weighted by Gasteiger charge is -2.09. The van der Waals surface area contributed by atoms with Crippen LogP contribution in [0.3, 0.4) is 0 Å². The lowest BCUT2D eigenvalue weighted by molar-refractivity contribution is 0.102. The number of benzene rings is 2. The van der Waals surface area contributed by atoms with Gasteiger partial charge in [-0.3, -0.25) is 9.36 Å². The largest absolute Gasteiger partial charge is 0.322 e. The lowest BCUT2D eigenvalue weighted by Crippen LogP contribution is -2.13. The highest BCUT2D eigenvalue weighted by atomic mass is 127. The minimum absolute atomic E-state index is 0.263. The maximum Gasteiger partial charge on any atom is 0.257 e. The molecule has 0 fully saturated rings. The molecule has 0 unspecified atom stereocenters. The van der Waals surface area contributed by atoms with Gasteiger partial charge < -0.3 is 5.32 Å². The highest BCUT2D eigenvalue weighted by Gasteiger charge is 2.12. The van der Waals surface area contributed by atoms with E-state index in [9.17, 15) is 4.79 Å². The van der Waals surface area contributed by atoms with Crippen molar-refractivity contribution in [3.05, 3.63) is 69.3 Å². The monoisotopic (exact) mass is 424 g/mol. The van der Waals surface area contributed by atoms with Gasteiger partial charge in [0.15, 0.2) is 0 Å². The molecule has 22 heavy (non-hydrogen) atoms. The van der Waals surface area contributed by atoms with Crippen molar-refractivity contribution in [3.8, 4) is 5.69 Å². The van der Waals surface area contributed by atoms with Gasteiger partial charge in [0.25, 0.3) is 5.91 Å². The fraction of sp³-hybridized carbons (Fsp3) is 0. The highest BCUT2D eigenvalue weighted by Crippen LogP contribution is 2.21. The highest BCUT2D eigenvalue weighted by molar-refractivity contribution is 14.1. The van der Waals surface area contributed by atoms with Gasteiger partial charge in [0.1, 0.15) is 12.7 Å². The lowest BCUT2D eigenvalue weighted by atomic mass is 10.1. The van der Waals surface area contributed by atoms with E-state index in [2.05, 4.69) is 38.1 Å². The van der Waals surface area contributed by atoms with Crippen molar-refractivity contribution in [1.29, 1.82) is 0 Å². The molecule has 0 aliphatic carbocycles. The number of aromatic nitrogens is 3. The second-order valence-electron chi connectivity index (χ2n) is 4.49. The number of amides is 1. The van der Waals surface area contributed by atoms with E-state index in [0.717, 1.165) is 14.9 Å². The van der Waals surface area contributed by atoms with E-state index in [0.29, 0.717) is 10.6 Å². The molecule has 0 saturated carbocycles. The molecule has 1 N–H and O–H groups in total. The van der Waals surface area contributed by atoms with Crippen LogP contribution in [0, 0.1) is 3.57 Å². The zero-order valence-electron chi connectivity index (χ0n) is 11.2. The van der Waals surface area contributed by atoms with Gasteiger partial charge >= 0.3 is 0 Å². The molecule has 0 spiro atoms. The third-order valence-corrected chi connectivity index (χ3v) is 4.06. The van der Waals surface area contributed by atoms with E-state index >= 15 is 0 Å². The normalized spacial score (nSPS) is 10.5. The second kappa shape index (κ2) is 6.45. The molecule has 3 rings (SSSR count). The first kappa shape index (κ1) is 15.0. The van der Waals surface area contributed by atoms with Crippen LogP contribution in [0.4, 0.5) is 5.69 Å². The molecule has 0 bridgehead atoms. The Bertz CT molecular complexity index is 803. The first-order chi connectivity index (χ1) is 10.6. The number of nitrogens with one attached hydrogen (secondary N) is 1. The van der Waals surface area contributed by atoms with E-state index < -0.39 is 0 Å². The van der Waals surface area contributed by atoms with Crippen molar-refractivity contribution in [2.24, 2.45) is 0 Å². The van der Waals surface area contributed by atoms with E-state index in [1.807, 2.05) is 24.3 Å². The van der Waals surface area contributed by atoms with Crippen LogP contribution in [0.1, 0.15) is 10.4 Å². The molecule has 5 nitrogen and oxygen atoms in total. The molecular weight excluding hydrogens is 415 g/mol. The number of hydrogen-bond donors (Lipinski definition) is 1. The van der Waals surface area contributed by atoms with Gasteiger partial charge in [0, 0.05) is 14.9 Å². The van der Waals surface area contributed by atoms with Gasteiger partial charge in [0.05, 0.1) is 10.6 Å². The number of carbonyl (C=O) groups is 1.